The van der Waals surface area contributed by atoms with Crippen LogP contribution in [0.15, 0.2) is 21.5 Å². The lowest BCUT2D eigenvalue weighted by atomic mass is 10.3. The summed E-state index contributed by atoms with van der Waals surface area (Å²) in [5.74, 6) is -0.724. The number of ether oxygens (including phenoxy) is 1. The molecule has 0 saturated carbocycles. The van der Waals surface area contributed by atoms with E-state index in [1.807, 2.05) is 0 Å². The highest BCUT2D eigenvalue weighted by molar-refractivity contribution is 9.10. The van der Waals surface area contributed by atoms with Gasteiger partial charge in [0.15, 0.2) is 5.82 Å². The average Bonchev–Trinajstić information content (AvgIpc) is 2.07. The third-order valence-electron chi connectivity index (χ3n) is 1.47. The van der Waals surface area contributed by atoms with E-state index in [2.05, 4.69) is 15.9 Å². The molecule has 3 nitrogen and oxygen atoms in total. The Balaban J connectivity index is 3.51. The van der Waals surface area contributed by atoms with Crippen LogP contribution in [0.4, 0.5) is 4.39 Å². The molecule has 0 bridgehead atoms. The number of benzene rings is 1. The number of hydrogen-bond acceptors (Lipinski definition) is 3. The van der Waals surface area contributed by atoms with E-state index in [0.717, 1.165) is 6.07 Å². The molecule has 0 aliphatic rings. The molecule has 0 aromatic heterocycles. The molecule has 0 aliphatic carbocycles. The standard InChI is InChI=1S/C7H5BrClFO3S/c1-13-4-2-5(8)7(10)6(3-4)14(9,11)12/h2-3H,1H3. The fourth-order valence-electron chi connectivity index (χ4n) is 0.835. The van der Waals surface area contributed by atoms with Crippen molar-refractivity contribution >= 4 is 35.7 Å². The quantitative estimate of drug-likeness (QED) is 0.789. The van der Waals surface area contributed by atoms with E-state index >= 15 is 0 Å². The third kappa shape index (κ3) is 2.37. The maximum Gasteiger partial charge on any atom is 0.264 e. The van der Waals surface area contributed by atoms with E-state index in [9.17, 15) is 12.8 Å². The van der Waals surface area contributed by atoms with Crippen molar-refractivity contribution in [2.75, 3.05) is 7.11 Å². The molecule has 0 N–H and O–H groups in total. The number of halogens is 3. The molecule has 0 radical (unpaired) electrons. The van der Waals surface area contributed by atoms with Crippen molar-refractivity contribution in [3.8, 4) is 5.75 Å². The summed E-state index contributed by atoms with van der Waals surface area (Å²) in [4.78, 5) is -0.606. The van der Waals surface area contributed by atoms with Crippen molar-refractivity contribution in [1.29, 1.82) is 0 Å². The predicted molar refractivity (Wildman–Crippen MR) is 53.7 cm³/mol. The van der Waals surface area contributed by atoms with E-state index < -0.39 is 19.8 Å². The normalized spacial score (nSPS) is 11.4. The molecule has 0 atom stereocenters. The summed E-state index contributed by atoms with van der Waals surface area (Å²) in [6, 6.07) is 2.32. The topological polar surface area (TPSA) is 43.4 Å². The van der Waals surface area contributed by atoms with Crippen LogP contribution in [0.2, 0.25) is 0 Å². The molecule has 78 valence electrons. The van der Waals surface area contributed by atoms with Gasteiger partial charge in [-0.1, -0.05) is 0 Å². The molecule has 1 aromatic rings. The zero-order valence-electron chi connectivity index (χ0n) is 6.92. The molecule has 1 aromatic carbocycles. The first-order valence-corrected chi connectivity index (χ1v) is 6.44. The maximum absolute atomic E-state index is 13.2. The Morgan fingerprint density at radius 3 is 2.50 bits per heavy atom. The maximum atomic E-state index is 13.2. The van der Waals surface area contributed by atoms with Crippen molar-refractivity contribution in [3.63, 3.8) is 0 Å². The first-order valence-electron chi connectivity index (χ1n) is 3.34. The minimum Gasteiger partial charge on any atom is -0.497 e. The highest BCUT2D eigenvalue weighted by atomic mass is 79.9. The van der Waals surface area contributed by atoms with Crippen LogP contribution >= 0.6 is 26.6 Å². The van der Waals surface area contributed by atoms with Crippen LogP contribution in [-0.4, -0.2) is 15.5 Å². The molecule has 7 heteroatoms. The summed E-state index contributed by atoms with van der Waals surface area (Å²) in [6.07, 6.45) is 0. The fraction of sp³-hybridized carbons (Fsp3) is 0.143. The molecule has 0 amide bonds. The summed E-state index contributed by atoms with van der Waals surface area (Å²) >= 11 is 2.85. The van der Waals surface area contributed by atoms with Gasteiger partial charge in [0, 0.05) is 16.7 Å². The average molecular weight is 304 g/mol. The van der Waals surface area contributed by atoms with Crippen molar-refractivity contribution < 1.29 is 17.5 Å². The molecule has 14 heavy (non-hydrogen) atoms. The van der Waals surface area contributed by atoms with Gasteiger partial charge in [0.25, 0.3) is 9.05 Å². The van der Waals surface area contributed by atoms with E-state index in [0.29, 0.717) is 0 Å². The number of methoxy groups -OCH3 is 1. The SMILES string of the molecule is COc1cc(Br)c(F)c(S(=O)(=O)Cl)c1. The Morgan fingerprint density at radius 1 is 1.50 bits per heavy atom. The monoisotopic (exact) mass is 302 g/mol. The van der Waals surface area contributed by atoms with E-state index in [-0.39, 0.29) is 10.2 Å². The summed E-state index contributed by atoms with van der Waals surface area (Å²) < 4.78 is 39.8. The first kappa shape index (κ1) is 11.7. The first-order chi connectivity index (χ1) is 6.36. The Bertz CT molecular complexity index is 460. The molecule has 1 rings (SSSR count). The van der Waals surface area contributed by atoms with Gasteiger partial charge in [0.05, 0.1) is 11.6 Å². The summed E-state index contributed by atoms with van der Waals surface area (Å²) in [7, 11) is 2.26. The minimum absolute atomic E-state index is 0.0175. The largest absolute Gasteiger partial charge is 0.497 e. The van der Waals surface area contributed by atoms with Gasteiger partial charge in [0.1, 0.15) is 10.6 Å². The molecule has 0 aliphatic heterocycles. The minimum atomic E-state index is -4.10. The molecule has 0 unspecified atom stereocenters. The van der Waals surface area contributed by atoms with E-state index in [1.165, 1.54) is 13.2 Å². The Labute approximate surface area is 93.4 Å². The summed E-state index contributed by atoms with van der Waals surface area (Å²) in [5, 5.41) is 0. The smallest absolute Gasteiger partial charge is 0.264 e. The molecular weight excluding hydrogens is 298 g/mol. The molecule has 0 fully saturated rings. The van der Waals surface area contributed by atoms with Crippen LogP contribution in [0, 0.1) is 5.82 Å². The van der Waals surface area contributed by atoms with Gasteiger partial charge in [-0.15, -0.1) is 0 Å². The summed E-state index contributed by atoms with van der Waals surface area (Å²) in [5.41, 5.74) is 0. The van der Waals surface area contributed by atoms with Crippen LogP contribution in [-0.2, 0) is 9.05 Å². The van der Waals surface area contributed by atoms with Crippen LogP contribution in [0.1, 0.15) is 0 Å². The van der Waals surface area contributed by atoms with Crippen molar-refractivity contribution in [3.05, 3.63) is 22.4 Å². The fourth-order valence-corrected chi connectivity index (χ4v) is 2.32. The lowest BCUT2D eigenvalue weighted by Gasteiger charge is -2.05. The second kappa shape index (κ2) is 4.04. The van der Waals surface area contributed by atoms with E-state index in [4.69, 9.17) is 15.4 Å². The van der Waals surface area contributed by atoms with Crippen molar-refractivity contribution in [2.45, 2.75) is 4.90 Å². The predicted octanol–water partition coefficient (Wildman–Crippen LogP) is 2.52. The van der Waals surface area contributed by atoms with Crippen LogP contribution in [0.5, 0.6) is 5.75 Å². The Kier molecular flexibility index (Phi) is 3.39. The van der Waals surface area contributed by atoms with Gasteiger partial charge in [-0.3, -0.25) is 0 Å². The second-order valence-corrected chi connectivity index (χ2v) is 5.75. The van der Waals surface area contributed by atoms with Gasteiger partial charge >= 0.3 is 0 Å². The lowest BCUT2D eigenvalue weighted by molar-refractivity contribution is 0.410. The van der Waals surface area contributed by atoms with Gasteiger partial charge < -0.3 is 4.74 Å². The molecular formula is C7H5BrClFO3S. The third-order valence-corrected chi connectivity index (χ3v) is 3.36. The van der Waals surface area contributed by atoms with Gasteiger partial charge in [-0.2, -0.15) is 0 Å². The summed E-state index contributed by atoms with van der Waals surface area (Å²) in [6.45, 7) is 0. The second-order valence-electron chi connectivity index (χ2n) is 2.36. The molecule has 0 saturated heterocycles. The Hall–Kier alpha value is -0.330. The lowest BCUT2D eigenvalue weighted by Crippen LogP contribution is -1.97. The van der Waals surface area contributed by atoms with Gasteiger partial charge in [0.2, 0.25) is 0 Å². The molecule has 0 spiro atoms. The van der Waals surface area contributed by atoms with Crippen LogP contribution in [0.3, 0.4) is 0 Å². The number of hydrogen-bond donors (Lipinski definition) is 0. The highest BCUT2D eigenvalue weighted by Gasteiger charge is 2.19. The van der Waals surface area contributed by atoms with Gasteiger partial charge in [-0.25, -0.2) is 12.8 Å². The molecule has 0 heterocycles. The highest BCUT2D eigenvalue weighted by Crippen LogP contribution is 2.30. The van der Waals surface area contributed by atoms with Gasteiger partial charge in [-0.05, 0) is 22.0 Å². The number of rotatable bonds is 2. The Morgan fingerprint density at radius 2 is 2.07 bits per heavy atom. The van der Waals surface area contributed by atoms with Crippen molar-refractivity contribution in [1.82, 2.24) is 0 Å². The zero-order chi connectivity index (χ0) is 10.9. The zero-order valence-corrected chi connectivity index (χ0v) is 10.1. The van der Waals surface area contributed by atoms with E-state index in [1.54, 1.807) is 0 Å². The van der Waals surface area contributed by atoms with Crippen molar-refractivity contribution in [2.24, 2.45) is 0 Å². The van der Waals surface area contributed by atoms with Crippen LogP contribution in [0.25, 0.3) is 0 Å². The van der Waals surface area contributed by atoms with Crippen LogP contribution < -0.4 is 4.74 Å².